The van der Waals surface area contributed by atoms with E-state index in [2.05, 4.69) is 14.8 Å². The zero-order chi connectivity index (χ0) is 21.5. The van der Waals surface area contributed by atoms with Crippen molar-refractivity contribution in [1.29, 1.82) is 0 Å². The molecule has 0 aliphatic carbocycles. The Kier molecular flexibility index (Phi) is 5.37. The van der Waals surface area contributed by atoms with Crippen LogP contribution < -0.4 is 14.8 Å². The first kappa shape index (κ1) is 20.9. The fourth-order valence-corrected chi connectivity index (χ4v) is 5.51. The molecule has 4 rings (SSSR count). The van der Waals surface area contributed by atoms with Gasteiger partial charge in [-0.2, -0.15) is 13.5 Å². The number of likely N-dealkylation sites (tertiary alicyclic amines) is 1. The standard InChI is InChI=1S/C19H19F4N3O3S/c20-13-9-14(21)17-15(10-13)24-19(25-30(17,27)28)5-7-26(8-6-19)11-12-3-1-2-4-16(12)29-18(22)23/h1-4,9-10,18,24-25H,5-8,11H2. The molecule has 2 aromatic carbocycles. The molecule has 2 aliphatic rings. The second-order valence-electron chi connectivity index (χ2n) is 7.34. The molecule has 6 nitrogen and oxygen atoms in total. The van der Waals surface area contributed by atoms with Crippen LogP contribution in [0.4, 0.5) is 23.2 Å². The average Bonchev–Trinajstić information content (AvgIpc) is 2.63. The van der Waals surface area contributed by atoms with E-state index in [0.717, 1.165) is 6.07 Å². The summed E-state index contributed by atoms with van der Waals surface area (Å²) in [5, 5.41) is 2.95. The third-order valence-electron chi connectivity index (χ3n) is 5.27. The van der Waals surface area contributed by atoms with Crippen LogP contribution in [0.1, 0.15) is 18.4 Å². The fraction of sp³-hybridized carbons (Fsp3) is 0.368. The number of piperidine rings is 1. The van der Waals surface area contributed by atoms with Crippen LogP contribution in [0.5, 0.6) is 5.75 Å². The van der Waals surface area contributed by atoms with Gasteiger partial charge in [-0.1, -0.05) is 18.2 Å². The number of benzene rings is 2. The summed E-state index contributed by atoms with van der Waals surface area (Å²) in [4.78, 5) is 1.37. The second kappa shape index (κ2) is 7.71. The molecule has 1 spiro atoms. The van der Waals surface area contributed by atoms with E-state index >= 15 is 0 Å². The van der Waals surface area contributed by atoms with Crippen molar-refractivity contribution in [3.05, 3.63) is 53.6 Å². The van der Waals surface area contributed by atoms with Gasteiger partial charge in [0.05, 0.1) is 5.69 Å². The van der Waals surface area contributed by atoms with Gasteiger partial charge < -0.3 is 10.1 Å². The Bertz CT molecular complexity index is 1060. The quantitative estimate of drug-likeness (QED) is 0.707. The van der Waals surface area contributed by atoms with E-state index in [9.17, 15) is 26.0 Å². The minimum Gasteiger partial charge on any atom is -0.434 e. The smallest absolute Gasteiger partial charge is 0.387 e. The van der Waals surface area contributed by atoms with Gasteiger partial charge in [0, 0.05) is 31.3 Å². The van der Waals surface area contributed by atoms with E-state index < -0.39 is 38.8 Å². The molecule has 30 heavy (non-hydrogen) atoms. The number of fused-ring (bicyclic) bond motifs is 1. The minimum absolute atomic E-state index is 0.0872. The Balaban J connectivity index is 1.50. The highest BCUT2D eigenvalue weighted by molar-refractivity contribution is 7.89. The number of alkyl halides is 2. The molecule has 1 fully saturated rings. The number of halogens is 4. The molecule has 11 heteroatoms. The van der Waals surface area contributed by atoms with Gasteiger partial charge in [0.1, 0.15) is 27.9 Å². The molecular weight excluding hydrogens is 426 g/mol. The van der Waals surface area contributed by atoms with Gasteiger partial charge in [0.15, 0.2) is 0 Å². The molecule has 0 bridgehead atoms. The Labute approximate surface area is 170 Å². The maximum atomic E-state index is 14.0. The summed E-state index contributed by atoms with van der Waals surface area (Å²) in [5.74, 6) is -1.95. The SMILES string of the molecule is O=S1(=O)NC2(CCN(Cc3ccccc3OC(F)F)CC2)Nc2cc(F)cc(F)c21. The topological polar surface area (TPSA) is 70.7 Å². The molecule has 1 saturated heterocycles. The van der Waals surface area contributed by atoms with Crippen LogP contribution in [0.25, 0.3) is 0 Å². The van der Waals surface area contributed by atoms with Gasteiger partial charge in [-0.05, 0) is 25.0 Å². The van der Waals surface area contributed by atoms with E-state index in [-0.39, 0.29) is 11.4 Å². The largest absolute Gasteiger partial charge is 0.434 e. The van der Waals surface area contributed by atoms with Crippen molar-refractivity contribution in [3.8, 4) is 5.75 Å². The van der Waals surface area contributed by atoms with E-state index in [0.29, 0.717) is 44.1 Å². The molecule has 162 valence electrons. The molecule has 2 heterocycles. The van der Waals surface area contributed by atoms with E-state index in [1.165, 1.54) is 6.07 Å². The summed E-state index contributed by atoms with van der Waals surface area (Å²) in [6, 6.07) is 7.95. The summed E-state index contributed by atoms with van der Waals surface area (Å²) in [6.45, 7) is -1.75. The Morgan fingerprint density at radius 2 is 1.83 bits per heavy atom. The van der Waals surface area contributed by atoms with Crippen molar-refractivity contribution in [1.82, 2.24) is 9.62 Å². The molecule has 0 amide bonds. The minimum atomic E-state index is -4.17. The summed E-state index contributed by atoms with van der Waals surface area (Å²) in [5.41, 5.74) is -0.613. The zero-order valence-electron chi connectivity index (χ0n) is 15.7. The Morgan fingerprint density at radius 1 is 1.13 bits per heavy atom. The molecule has 0 saturated carbocycles. The normalized spacial score (nSPS) is 20.0. The van der Waals surface area contributed by atoms with Gasteiger partial charge in [0.25, 0.3) is 0 Å². The summed E-state index contributed by atoms with van der Waals surface area (Å²) < 4.78 is 85.1. The van der Waals surface area contributed by atoms with Crippen LogP contribution >= 0.6 is 0 Å². The van der Waals surface area contributed by atoms with E-state index in [1.54, 1.807) is 18.2 Å². The zero-order valence-corrected chi connectivity index (χ0v) is 16.5. The van der Waals surface area contributed by atoms with Crippen molar-refractivity contribution in [2.24, 2.45) is 0 Å². The third kappa shape index (κ3) is 4.09. The van der Waals surface area contributed by atoms with E-state index in [4.69, 9.17) is 0 Å². The van der Waals surface area contributed by atoms with Crippen LogP contribution in [0.15, 0.2) is 41.3 Å². The van der Waals surface area contributed by atoms with Crippen LogP contribution in [-0.2, 0) is 16.6 Å². The highest BCUT2D eigenvalue weighted by Gasteiger charge is 2.44. The van der Waals surface area contributed by atoms with Gasteiger partial charge in [0.2, 0.25) is 10.0 Å². The number of para-hydroxylation sites is 1. The van der Waals surface area contributed by atoms with Crippen LogP contribution in [0.2, 0.25) is 0 Å². The van der Waals surface area contributed by atoms with Gasteiger partial charge in [-0.3, -0.25) is 4.90 Å². The molecular formula is C19H19F4N3O3S. The lowest BCUT2D eigenvalue weighted by atomic mass is 9.96. The molecule has 0 radical (unpaired) electrons. The maximum Gasteiger partial charge on any atom is 0.387 e. The van der Waals surface area contributed by atoms with Crippen molar-refractivity contribution in [3.63, 3.8) is 0 Å². The number of nitrogens with zero attached hydrogens (tertiary/aromatic N) is 1. The highest BCUT2D eigenvalue weighted by Crippen LogP contribution is 2.37. The Morgan fingerprint density at radius 3 is 2.53 bits per heavy atom. The highest BCUT2D eigenvalue weighted by atomic mass is 32.2. The van der Waals surface area contributed by atoms with Crippen molar-refractivity contribution in [2.75, 3.05) is 18.4 Å². The summed E-state index contributed by atoms with van der Waals surface area (Å²) in [6.07, 6.45) is 0.614. The van der Waals surface area contributed by atoms with Crippen molar-refractivity contribution >= 4 is 15.7 Å². The maximum absolute atomic E-state index is 14.0. The monoisotopic (exact) mass is 445 g/mol. The second-order valence-corrected chi connectivity index (χ2v) is 8.96. The molecule has 2 aliphatic heterocycles. The molecule has 2 aromatic rings. The van der Waals surface area contributed by atoms with Crippen molar-refractivity contribution in [2.45, 2.75) is 36.6 Å². The lowest BCUT2D eigenvalue weighted by Gasteiger charge is -2.45. The van der Waals surface area contributed by atoms with Gasteiger partial charge >= 0.3 is 6.61 Å². The first-order valence-electron chi connectivity index (χ1n) is 9.24. The predicted molar refractivity (Wildman–Crippen MR) is 101 cm³/mol. The van der Waals surface area contributed by atoms with Gasteiger partial charge in [-0.25, -0.2) is 17.2 Å². The number of rotatable bonds is 4. The summed E-state index contributed by atoms with van der Waals surface area (Å²) >= 11 is 0. The molecule has 2 N–H and O–H groups in total. The van der Waals surface area contributed by atoms with E-state index in [1.807, 2.05) is 4.90 Å². The molecule has 0 atom stereocenters. The van der Waals surface area contributed by atoms with Crippen molar-refractivity contribution < 1.29 is 30.7 Å². The Hall–Kier alpha value is -2.37. The average molecular weight is 445 g/mol. The first-order chi connectivity index (χ1) is 14.2. The number of sulfonamides is 1. The number of hydrogen-bond acceptors (Lipinski definition) is 5. The fourth-order valence-electron chi connectivity index (χ4n) is 3.92. The molecule has 0 unspecified atom stereocenters. The van der Waals surface area contributed by atoms with Crippen LogP contribution in [0, 0.1) is 11.6 Å². The first-order valence-corrected chi connectivity index (χ1v) is 10.7. The van der Waals surface area contributed by atoms with Gasteiger partial charge in [-0.15, -0.1) is 0 Å². The number of anilines is 1. The number of ether oxygens (including phenoxy) is 1. The molecule has 0 aromatic heterocycles. The van der Waals surface area contributed by atoms with Crippen LogP contribution in [0.3, 0.4) is 0 Å². The van der Waals surface area contributed by atoms with Crippen LogP contribution in [-0.4, -0.2) is 38.7 Å². The third-order valence-corrected chi connectivity index (χ3v) is 6.88. The number of nitrogens with one attached hydrogen (secondary N) is 2. The predicted octanol–water partition coefficient (Wildman–Crippen LogP) is 3.26. The lowest BCUT2D eigenvalue weighted by Crippen LogP contribution is -2.62. The number of hydrogen-bond donors (Lipinski definition) is 2. The lowest BCUT2D eigenvalue weighted by molar-refractivity contribution is -0.0508. The summed E-state index contributed by atoms with van der Waals surface area (Å²) in [7, 11) is -4.17.